The minimum Gasteiger partial charge on any atom is -0.467 e. The lowest BCUT2D eigenvalue weighted by molar-refractivity contribution is 0.197. The largest absolute Gasteiger partial charge is 0.467 e. The third-order valence-corrected chi connectivity index (χ3v) is 3.79. The summed E-state index contributed by atoms with van der Waals surface area (Å²) in [7, 11) is 0. The van der Waals surface area contributed by atoms with E-state index in [4.69, 9.17) is 9.73 Å². The summed E-state index contributed by atoms with van der Waals surface area (Å²) in [6.45, 7) is 0. The van der Waals surface area contributed by atoms with E-state index >= 15 is 0 Å². The molecule has 0 aromatic carbocycles. The molecular formula is C18H14N4O. The third kappa shape index (κ3) is 2.68. The average molecular weight is 302 g/mol. The van der Waals surface area contributed by atoms with Crippen LogP contribution in [0.5, 0.6) is 0 Å². The van der Waals surface area contributed by atoms with Crippen molar-refractivity contribution in [3.8, 4) is 0 Å². The fourth-order valence-corrected chi connectivity index (χ4v) is 2.66. The predicted molar refractivity (Wildman–Crippen MR) is 85.8 cm³/mol. The number of aromatic nitrogens is 3. The van der Waals surface area contributed by atoms with Gasteiger partial charge in [0.1, 0.15) is 6.04 Å². The van der Waals surface area contributed by atoms with E-state index in [1.54, 1.807) is 37.2 Å². The first-order valence-corrected chi connectivity index (χ1v) is 7.36. The Kier molecular flexibility index (Phi) is 3.52. The lowest BCUT2D eigenvalue weighted by Gasteiger charge is -2.18. The van der Waals surface area contributed by atoms with E-state index in [2.05, 4.69) is 15.0 Å². The number of aliphatic imine (C=N–C) groups is 1. The van der Waals surface area contributed by atoms with Crippen molar-refractivity contribution in [1.29, 1.82) is 0 Å². The fraction of sp³-hybridized carbons (Fsp3) is 0.111. The van der Waals surface area contributed by atoms with Crippen LogP contribution < -0.4 is 0 Å². The number of ether oxygens (including phenoxy) is 1. The summed E-state index contributed by atoms with van der Waals surface area (Å²) in [5, 5.41) is 0. The van der Waals surface area contributed by atoms with E-state index in [0.29, 0.717) is 5.90 Å². The van der Waals surface area contributed by atoms with Crippen LogP contribution in [0.3, 0.4) is 0 Å². The van der Waals surface area contributed by atoms with Crippen LogP contribution in [0.25, 0.3) is 0 Å². The predicted octanol–water partition coefficient (Wildman–Crippen LogP) is 3.13. The van der Waals surface area contributed by atoms with Crippen LogP contribution >= 0.6 is 0 Å². The van der Waals surface area contributed by atoms with Gasteiger partial charge in [-0.2, -0.15) is 0 Å². The van der Waals surface area contributed by atoms with Crippen LogP contribution in [0, 0.1) is 0 Å². The molecule has 112 valence electrons. The summed E-state index contributed by atoms with van der Waals surface area (Å²) in [4.78, 5) is 17.0. The molecule has 0 fully saturated rings. The van der Waals surface area contributed by atoms with Gasteiger partial charge in [-0.15, -0.1) is 0 Å². The fourth-order valence-electron chi connectivity index (χ4n) is 2.66. The molecule has 0 saturated heterocycles. The third-order valence-electron chi connectivity index (χ3n) is 3.79. The van der Waals surface area contributed by atoms with Gasteiger partial charge in [0, 0.05) is 42.7 Å². The summed E-state index contributed by atoms with van der Waals surface area (Å²) in [6.07, 6.45) is 10.4. The molecule has 3 aromatic heterocycles. The van der Waals surface area contributed by atoms with E-state index in [1.807, 2.05) is 36.4 Å². The molecule has 1 aliphatic heterocycles. The lowest BCUT2D eigenvalue weighted by atomic mass is 9.98. The molecule has 0 bridgehead atoms. The van der Waals surface area contributed by atoms with Crippen molar-refractivity contribution in [2.45, 2.75) is 12.1 Å². The Morgan fingerprint density at radius 3 is 1.78 bits per heavy atom. The van der Waals surface area contributed by atoms with Crippen molar-refractivity contribution >= 4 is 5.90 Å². The van der Waals surface area contributed by atoms with Gasteiger partial charge in [-0.1, -0.05) is 0 Å². The van der Waals surface area contributed by atoms with Gasteiger partial charge in [-0.25, -0.2) is 4.99 Å². The first-order chi connectivity index (χ1) is 11.4. The molecule has 5 heteroatoms. The number of hydrogen-bond acceptors (Lipinski definition) is 5. The van der Waals surface area contributed by atoms with Crippen molar-refractivity contribution in [3.05, 3.63) is 90.3 Å². The molecule has 3 aromatic rings. The van der Waals surface area contributed by atoms with Gasteiger partial charge >= 0.3 is 0 Å². The van der Waals surface area contributed by atoms with Crippen LogP contribution in [0.1, 0.15) is 28.8 Å². The van der Waals surface area contributed by atoms with Gasteiger partial charge in [-0.3, -0.25) is 15.0 Å². The lowest BCUT2D eigenvalue weighted by Crippen LogP contribution is -2.09. The van der Waals surface area contributed by atoms with Gasteiger partial charge in [0.2, 0.25) is 5.90 Å². The molecule has 4 rings (SSSR count). The highest BCUT2D eigenvalue weighted by atomic mass is 16.5. The highest BCUT2D eigenvalue weighted by Gasteiger charge is 2.34. The monoisotopic (exact) mass is 302 g/mol. The molecule has 0 saturated carbocycles. The molecule has 2 atom stereocenters. The van der Waals surface area contributed by atoms with E-state index in [9.17, 15) is 0 Å². The molecule has 0 N–H and O–H groups in total. The molecule has 0 unspecified atom stereocenters. The van der Waals surface area contributed by atoms with Gasteiger partial charge < -0.3 is 4.74 Å². The van der Waals surface area contributed by atoms with E-state index in [1.165, 1.54) is 0 Å². The topological polar surface area (TPSA) is 60.3 Å². The maximum absolute atomic E-state index is 6.17. The Balaban J connectivity index is 1.75. The molecule has 23 heavy (non-hydrogen) atoms. The van der Waals surface area contributed by atoms with Gasteiger partial charge in [0.05, 0.1) is 0 Å². The smallest absolute Gasteiger partial charge is 0.217 e. The van der Waals surface area contributed by atoms with E-state index in [0.717, 1.165) is 16.7 Å². The SMILES string of the molecule is c1cc(C2=N[C@@H](c3ccncc3)[C@@H](c3ccncc3)O2)ccn1. The summed E-state index contributed by atoms with van der Waals surface area (Å²) in [5.41, 5.74) is 3.05. The number of nitrogens with zero attached hydrogens (tertiary/aromatic N) is 4. The van der Waals surface area contributed by atoms with Crippen molar-refractivity contribution < 1.29 is 4.74 Å². The summed E-state index contributed by atoms with van der Waals surface area (Å²) in [6, 6.07) is 11.6. The maximum atomic E-state index is 6.17. The number of rotatable bonds is 3. The molecule has 5 nitrogen and oxygen atoms in total. The van der Waals surface area contributed by atoms with Gasteiger partial charge in [-0.05, 0) is 47.5 Å². The Bertz CT molecular complexity index is 806. The standard InChI is InChI=1S/C18H14N4O/c1-7-19-8-2-13(1)16-17(14-3-9-20-10-4-14)23-18(22-16)15-5-11-21-12-6-15/h1-12,16-17H/t16-,17+/m0/s1. The minimum absolute atomic E-state index is 0.108. The molecule has 0 radical (unpaired) electrons. The van der Waals surface area contributed by atoms with Crippen LogP contribution in [0.15, 0.2) is 78.6 Å². The molecule has 0 spiro atoms. The average Bonchev–Trinajstić information content (AvgIpc) is 3.09. The van der Waals surface area contributed by atoms with Gasteiger partial charge in [0.15, 0.2) is 6.10 Å². The number of pyridine rings is 3. The second-order valence-corrected chi connectivity index (χ2v) is 5.21. The highest BCUT2D eigenvalue weighted by Crippen LogP contribution is 2.40. The van der Waals surface area contributed by atoms with E-state index in [-0.39, 0.29) is 12.1 Å². The first kappa shape index (κ1) is 13.6. The normalized spacial score (nSPS) is 19.9. The summed E-state index contributed by atoms with van der Waals surface area (Å²) < 4.78 is 6.17. The Hall–Kier alpha value is -3.08. The quantitative estimate of drug-likeness (QED) is 0.746. The summed E-state index contributed by atoms with van der Waals surface area (Å²) in [5.74, 6) is 0.635. The Morgan fingerprint density at radius 2 is 1.17 bits per heavy atom. The first-order valence-electron chi connectivity index (χ1n) is 7.36. The second kappa shape index (κ2) is 5.96. The summed E-state index contributed by atoms with van der Waals surface area (Å²) >= 11 is 0. The molecule has 0 aliphatic carbocycles. The Morgan fingerprint density at radius 1 is 0.652 bits per heavy atom. The minimum atomic E-state index is -0.177. The van der Waals surface area contributed by atoms with Crippen LogP contribution in [0.4, 0.5) is 0 Å². The molecule has 4 heterocycles. The second-order valence-electron chi connectivity index (χ2n) is 5.21. The van der Waals surface area contributed by atoms with Crippen LogP contribution in [-0.2, 0) is 4.74 Å². The highest BCUT2D eigenvalue weighted by molar-refractivity contribution is 5.95. The van der Waals surface area contributed by atoms with Gasteiger partial charge in [0.25, 0.3) is 0 Å². The molecule has 0 amide bonds. The van der Waals surface area contributed by atoms with Crippen molar-refractivity contribution in [2.24, 2.45) is 4.99 Å². The Labute approximate surface area is 133 Å². The zero-order valence-electron chi connectivity index (χ0n) is 12.3. The zero-order chi connectivity index (χ0) is 15.5. The molecular weight excluding hydrogens is 288 g/mol. The van der Waals surface area contributed by atoms with Crippen LogP contribution in [0.2, 0.25) is 0 Å². The van der Waals surface area contributed by atoms with Crippen molar-refractivity contribution in [2.75, 3.05) is 0 Å². The maximum Gasteiger partial charge on any atom is 0.217 e. The van der Waals surface area contributed by atoms with Crippen LogP contribution in [-0.4, -0.2) is 20.8 Å². The number of hydrogen-bond donors (Lipinski definition) is 0. The van der Waals surface area contributed by atoms with Crippen molar-refractivity contribution in [1.82, 2.24) is 15.0 Å². The van der Waals surface area contributed by atoms with E-state index < -0.39 is 0 Å². The van der Waals surface area contributed by atoms with Crippen molar-refractivity contribution in [3.63, 3.8) is 0 Å². The zero-order valence-corrected chi connectivity index (χ0v) is 12.3. The molecule has 1 aliphatic rings.